The van der Waals surface area contributed by atoms with Crippen molar-refractivity contribution >= 4 is 5.91 Å². The van der Waals surface area contributed by atoms with Gasteiger partial charge in [-0.15, -0.1) is 0 Å². The molecule has 0 saturated heterocycles. The van der Waals surface area contributed by atoms with Crippen LogP contribution in [0.25, 0.3) is 0 Å². The number of carbonyl (C=O) groups excluding carboxylic acids is 1. The predicted molar refractivity (Wildman–Crippen MR) is 63.7 cm³/mol. The lowest BCUT2D eigenvalue weighted by atomic mass is 9.99. The number of carbonyl (C=O) groups is 1. The quantitative estimate of drug-likeness (QED) is 0.807. The maximum atomic E-state index is 11.8. The Labute approximate surface area is 96.3 Å². The molecule has 0 radical (unpaired) electrons. The molecule has 3 N–H and O–H groups in total. The Morgan fingerprint density at radius 3 is 2.81 bits per heavy atom. The Balaban J connectivity index is 2.66. The summed E-state index contributed by atoms with van der Waals surface area (Å²) in [6, 6.07) is 5.50. The Kier molecular flexibility index (Phi) is 4.01. The van der Waals surface area contributed by atoms with E-state index in [2.05, 4.69) is 10.3 Å². The lowest BCUT2D eigenvalue weighted by Crippen LogP contribution is -2.51. The summed E-state index contributed by atoms with van der Waals surface area (Å²) in [6.07, 6.45) is 2.31. The summed E-state index contributed by atoms with van der Waals surface area (Å²) >= 11 is 0. The van der Waals surface area contributed by atoms with Crippen molar-refractivity contribution in [1.29, 1.82) is 0 Å². The first-order valence-electron chi connectivity index (χ1n) is 5.48. The SMILES string of the molecule is CCC(C)(N)C(=O)N[C@@H](C)c1ccccn1. The lowest BCUT2D eigenvalue weighted by molar-refractivity contribution is -0.126. The van der Waals surface area contributed by atoms with Gasteiger partial charge in [0.2, 0.25) is 5.91 Å². The third-order valence-corrected chi connectivity index (χ3v) is 2.73. The summed E-state index contributed by atoms with van der Waals surface area (Å²) in [5.74, 6) is -0.145. The van der Waals surface area contributed by atoms with Crippen molar-refractivity contribution in [3.05, 3.63) is 30.1 Å². The van der Waals surface area contributed by atoms with E-state index in [1.54, 1.807) is 13.1 Å². The van der Waals surface area contributed by atoms with E-state index in [1.165, 1.54) is 0 Å². The number of aromatic nitrogens is 1. The number of pyridine rings is 1. The van der Waals surface area contributed by atoms with Gasteiger partial charge in [0.05, 0.1) is 17.3 Å². The summed E-state index contributed by atoms with van der Waals surface area (Å²) < 4.78 is 0. The Morgan fingerprint density at radius 2 is 2.31 bits per heavy atom. The maximum Gasteiger partial charge on any atom is 0.240 e. The van der Waals surface area contributed by atoms with Crippen molar-refractivity contribution in [2.24, 2.45) is 5.73 Å². The molecule has 0 aliphatic rings. The van der Waals surface area contributed by atoms with E-state index in [9.17, 15) is 4.79 Å². The van der Waals surface area contributed by atoms with E-state index >= 15 is 0 Å². The largest absolute Gasteiger partial charge is 0.346 e. The second-order valence-electron chi connectivity index (χ2n) is 4.22. The zero-order valence-corrected chi connectivity index (χ0v) is 10.0. The second kappa shape index (κ2) is 5.07. The number of amides is 1. The zero-order chi connectivity index (χ0) is 12.2. The van der Waals surface area contributed by atoms with Gasteiger partial charge in [-0.1, -0.05) is 13.0 Å². The molecule has 1 aromatic rings. The molecule has 0 bridgehead atoms. The minimum atomic E-state index is -0.816. The normalized spacial score (nSPS) is 16.2. The third-order valence-electron chi connectivity index (χ3n) is 2.73. The minimum absolute atomic E-state index is 0.122. The number of nitrogens with one attached hydrogen (secondary N) is 1. The molecule has 1 unspecified atom stereocenters. The zero-order valence-electron chi connectivity index (χ0n) is 10.0. The fraction of sp³-hybridized carbons (Fsp3) is 0.500. The highest BCUT2D eigenvalue weighted by Crippen LogP contribution is 2.11. The van der Waals surface area contributed by atoms with Crippen LogP contribution < -0.4 is 11.1 Å². The van der Waals surface area contributed by atoms with Crippen molar-refractivity contribution in [3.8, 4) is 0 Å². The molecule has 4 heteroatoms. The van der Waals surface area contributed by atoms with E-state index in [-0.39, 0.29) is 11.9 Å². The molecule has 16 heavy (non-hydrogen) atoms. The fourth-order valence-electron chi connectivity index (χ4n) is 1.23. The van der Waals surface area contributed by atoms with Gasteiger partial charge in [-0.3, -0.25) is 9.78 Å². The van der Waals surface area contributed by atoms with Gasteiger partial charge in [-0.05, 0) is 32.4 Å². The highest BCUT2D eigenvalue weighted by Gasteiger charge is 2.27. The van der Waals surface area contributed by atoms with E-state index in [0.717, 1.165) is 5.69 Å². The molecule has 1 rings (SSSR count). The number of hydrogen-bond donors (Lipinski definition) is 2. The van der Waals surface area contributed by atoms with Crippen LogP contribution >= 0.6 is 0 Å². The molecule has 88 valence electrons. The lowest BCUT2D eigenvalue weighted by Gasteiger charge is -2.24. The Bertz CT molecular complexity index is 349. The predicted octanol–water partition coefficient (Wildman–Crippen LogP) is 1.39. The van der Waals surface area contributed by atoms with E-state index < -0.39 is 5.54 Å². The first-order chi connectivity index (χ1) is 7.47. The Hall–Kier alpha value is -1.42. The Morgan fingerprint density at radius 1 is 1.62 bits per heavy atom. The van der Waals surface area contributed by atoms with E-state index in [1.807, 2.05) is 32.0 Å². The van der Waals surface area contributed by atoms with Crippen molar-refractivity contribution in [1.82, 2.24) is 10.3 Å². The number of hydrogen-bond acceptors (Lipinski definition) is 3. The van der Waals surface area contributed by atoms with Crippen LogP contribution in [0.15, 0.2) is 24.4 Å². The molecule has 0 aliphatic heterocycles. The van der Waals surface area contributed by atoms with Crippen molar-refractivity contribution in [2.75, 3.05) is 0 Å². The molecular formula is C12H19N3O. The smallest absolute Gasteiger partial charge is 0.240 e. The van der Waals surface area contributed by atoms with Crippen LogP contribution in [-0.2, 0) is 4.79 Å². The van der Waals surface area contributed by atoms with Crippen LogP contribution in [0.5, 0.6) is 0 Å². The molecule has 1 aromatic heterocycles. The highest BCUT2D eigenvalue weighted by molar-refractivity contribution is 5.85. The molecular weight excluding hydrogens is 202 g/mol. The molecule has 0 fully saturated rings. The molecule has 0 aliphatic carbocycles. The third kappa shape index (κ3) is 3.03. The van der Waals surface area contributed by atoms with E-state index in [0.29, 0.717) is 6.42 Å². The standard InChI is InChI=1S/C12H19N3O/c1-4-12(3,13)11(16)15-9(2)10-7-5-6-8-14-10/h5-9H,4,13H2,1-3H3,(H,15,16)/t9-,12?/m0/s1. The summed E-state index contributed by atoms with van der Waals surface area (Å²) in [4.78, 5) is 16.0. The molecule has 1 amide bonds. The molecule has 0 spiro atoms. The summed E-state index contributed by atoms with van der Waals surface area (Å²) in [7, 11) is 0. The van der Waals surface area contributed by atoms with Gasteiger partial charge in [-0.25, -0.2) is 0 Å². The van der Waals surface area contributed by atoms with Gasteiger partial charge in [0.25, 0.3) is 0 Å². The van der Waals surface area contributed by atoms with Crippen LogP contribution in [0.4, 0.5) is 0 Å². The van der Waals surface area contributed by atoms with Gasteiger partial charge in [0.15, 0.2) is 0 Å². The average Bonchev–Trinajstić information content (AvgIpc) is 2.30. The molecule has 0 aromatic carbocycles. The first kappa shape index (κ1) is 12.6. The fourth-order valence-corrected chi connectivity index (χ4v) is 1.23. The molecule has 1 heterocycles. The molecule has 2 atom stereocenters. The summed E-state index contributed by atoms with van der Waals surface area (Å²) in [5, 5.41) is 2.86. The summed E-state index contributed by atoms with van der Waals surface area (Å²) in [6.45, 7) is 5.52. The van der Waals surface area contributed by atoms with Crippen LogP contribution in [-0.4, -0.2) is 16.4 Å². The molecule has 4 nitrogen and oxygen atoms in total. The van der Waals surface area contributed by atoms with Crippen molar-refractivity contribution < 1.29 is 4.79 Å². The number of nitrogens with zero attached hydrogens (tertiary/aromatic N) is 1. The van der Waals surface area contributed by atoms with Gasteiger partial charge in [0, 0.05) is 6.20 Å². The highest BCUT2D eigenvalue weighted by atomic mass is 16.2. The number of nitrogens with two attached hydrogens (primary N) is 1. The van der Waals surface area contributed by atoms with Crippen LogP contribution in [0, 0.1) is 0 Å². The molecule has 0 saturated carbocycles. The monoisotopic (exact) mass is 221 g/mol. The van der Waals surface area contributed by atoms with Crippen molar-refractivity contribution in [3.63, 3.8) is 0 Å². The van der Waals surface area contributed by atoms with Crippen molar-refractivity contribution in [2.45, 2.75) is 38.8 Å². The van der Waals surface area contributed by atoms with Crippen LogP contribution in [0.1, 0.15) is 38.9 Å². The van der Waals surface area contributed by atoms with Gasteiger partial charge < -0.3 is 11.1 Å². The minimum Gasteiger partial charge on any atom is -0.346 e. The average molecular weight is 221 g/mol. The van der Waals surface area contributed by atoms with Crippen LogP contribution in [0.3, 0.4) is 0 Å². The maximum absolute atomic E-state index is 11.8. The number of rotatable bonds is 4. The topological polar surface area (TPSA) is 68.0 Å². The summed E-state index contributed by atoms with van der Waals surface area (Å²) in [5.41, 5.74) is 5.87. The van der Waals surface area contributed by atoms with Gasteiger partial charge in [-0.2, -0.15) is 0 Å². The van der Waals surface area contributed by atoms with E-state index in [4.69, 9.17) is 5.73 Å². The van der Waals surface area contributed by atoms with Gasteiger partial charge >= 0.3 is 0 Å². The van der Waals surface area contributed by atoms with Gasteiger partial charge in [0.1, 0.15) is 0 Å². The van der Waals surface area contributed by atoms with Crippen LogP contribution in [0.2, 0.25) is 0 Å². The second-order valence-corrected chi connectivity index (χ2v) is 4.22. The first-order valence-corrected chi connectivity index (χ1v) is 5.48.